The quantitative estimate of drug-likeness (QED) is 0.547. The molecule has 0 heterocycles. The summed E-state index contributed by atoms with van der Waals surface area (Å²) in [5.74, 6) is 0.0214. The Kier molecular flexibility index (Phi) is 5.48. The molecule has 1 rings (SSSR count). The summed E-state index contributed by atoms with van der Waals surface area (Å²) in [6, 6.07) is 0. The van der Waals surface area contributed by atoms with Crippen molar-refractivity contribution in [1.29, 1.82) is 0 Å². The number of hydrogen-bond donors (Lipinski definition) is 0. The van der Waals surface area contributed by atoms with Gasteiger partial charge in [-0.15, -0.1) is 0 Å². The molecule has 0 radical (unpaired) electrons. The van der Waals surface area contributed by atoms with Gasteiger partial charge in [0.25, 0.3) is 0 Å². The molecule has 1 unspecified atom stereocenters. The van der Waals surface area contributed by atoms with Crippen LogP contribution in [0, 0.1) is 11.8 Å². The predicted octanol–water partition coefficient (Wildman–Crippen LogP) is 3.32. The smallest absolute Gasteiger partial charge is 0.140 e. The van der Waals surface area contributed by atoms with E-state index in [2.05, 4.69) is 19.9 Å². The highest BCUT2D eigenvalue weighted by atomic mass is 16.5. The lowest BCUT2D eigenvalue weighted by Crippen LogP contribution is -2.34. The van der Waals surface area contributed by atoms with Gasteiger partial charge in [0.2, 0.25) is 0 Å². The van der Waals surface area contributed by atoms with Crippen LogP contribution >= 0.6 is 0 Å². The van der Waals surface area contributed by atoms with Crippen LogP contribution < -0.4 is 0 Å². The van der Waals surface area contributed by atoms with Crippen LogP contribution in [0.1, 0.15) is 53.4 Å². The largest absolute Gasteiger partial charge is 0.379 e. The van der Waals surface area contributed by atoms with Crippen molar-refractivity contribution in [3.8, 4) is 0 Å². The summed E-state index contributed by atoms with van der Waals surface area (Å²) in [4.78, 5) is 22.9. The SMILES string of the molecule is COC(C)(C)C1CC=C(CC(C(C)=O)C(C)=O)CC1. The topological polar surface area (TPSA) is 43.4 Å². The second-order valence-electron chi connectivity index (χ2n) is 6.12. The number of methoxy groups -OCH3 is 1. The van der Waals surface area contributed by atoms with Crippen molar-refractivity contribution in [3.05, 3.63) is 11.6 Å². The molecular formula is C16H26O3. The average molecular weight is 266 g/mol. The third-order valence-corrected chi connectivity index (χ3v) is 4.46. The molecule has 0 aromatic rings. The Bertz CT molecular complexity index is 365. The maximum absolute atomic E-state index is 11.5. The summed E-state index contributed by atoms with van der Waals surface area (Å²) in [6.07, 6.45) is 5.81. The number of carbonyl (C=O) groups excluding carboxylic acids is 2. The molecule has 0 bridgehead atoms. The third-order valence-electron chi connectivity index (χ3n) is 4.46. The van der Waals surface area contributed by atoms with Gasteiger partial charge in [0, 0.05) is 7.11 Å². The highest BCUT2D eigenvalue weighted by Crippen LogP contribution is 2.35. The summed E-state index contributed by atoms with van der Waals surface area (Å²) < 4.78 is 5.53. The zero-order chi connectivity index (χ0) is 14.6. The molecule has 19 heavy (non-hydrogen) atoms. The Hall–Kier alpha value is -0.960. The van der Waals surface area contributed by atoms with Crippen LogP contribution in [0.25, 0.3) is 0 Å². The van der Waals surface area contributed by atoms with Gasteiger partial charge >= 0.3 is 0 Å². The second-order valence-corrected chi connectivity index (χ2v) is 6.12. The van der Waals surface area contributed by atoms with Crippen molar-refractivity contribution in [3.63, 3.8) is 0 Å². The van der Waals surface area contributed by atoms with E-state index in [0.717, 1.165) is 19.3 Å². The van der Waals surface area contributed by atoms with Crippen LogP contribution in [0.15, 0.2) is 11.6 Å². The molecule has 1 aliphatic rings. The normalized spacial score (nSPS) is 20.3. The number of hydrogen-bond acceptors (Lipinski definition) is 3. The van der Waals surface area contributed by atoms with E-state index in [9.17, 15) is 9.59 Å². The number of ether oxygens (including phenoxy) is 1. The lowest BCUT2D eigenvalue weighted by molar-refractivity contribution is -0.130. The Morgan fingerprint density at radius 3 is 2.32 bits per heavy atom. The van der Waals surface area contributed by atoms with Gasteiger partial charge < -0.3 is 4.74 Å². The van der Waals surface area contributed by atoms with Crippen molar-refractivity contribution in [2.24, 2.45) is 11.8 Å². The van der Waals surface area contributed by atoms with E-state index in [1.165, 1.54) is 19.4 Å². The fourth-order valence-electron chi connectivity index (χ4n) is 2.71. The average Bonchev–Trinajstić information content (AvgIpc) is 2.35. The van der Waals surface area contributed by atoms with E-state index in [1.807, 2.05) is 0 Å². The van der Waals surface area contributed by atoms with Gasteiger partial charge in [-0.1, -0.05) is 11.6 Å². The minimum absolute atomic E-state index is 0.0206. The predicted molar refractivity (Wildman–Crippen MR) is 76.0 cm³/mol. The molecule has 0 N–H and O–H groups in total. The molecule has 108 valence electrons. The minimum Gasteiger partial charge on any atom is -0.379 e. The Balaban J connectivity index is 2.65. The molecule has 1 atom stereocenters. The standard InChI is InChI=1S/C16H26O3/c1-11(17)15(12(2)18)10-13-6-8-14(9-7-13)16(3,4)19-5/h6,14-15H,7-10H2,1-5H3. The zero-order valence-electron chi connectivity index (χ0n) is 12.8. The maximum atomic E-state index is 11.5. The van der Waals surface area contributed by atoms with Gasteiger partial charge in [0.1, 0.15) is 11.6 Å². The first-order chi connectivity index (χ1) is 8.77. The van der Waals surface area contributed by atoms with Crippen LogP contribution in [0.2, 0.25) is 0 Å². The van der Waals surface area contributed by atoms with E-state index >= 15 is 0 Å². The van der Waals surface area contributed by atoms with Gasteiger partial charge in [-0.05, 0) is 59.3 Å². The number of Topliss-reactive ketones (excluding diaryl/α,β-unsaturated/α-hetero) is 2. The van der Waals surface area contributed by atoms with E-state index in [1.54, 1.807) is 7.11 Å². The molecule has 0 spiro atoms. The van der Waals surface area contributed by atoms with Crippen LogP contribution in [0.3, 0.4) is 0 Å². The molecule has 0 aromatic carbocycles. The molecule has 3 nitrogen and oxygen atoms in total. The van der Waals surface area contributed by atoms with Gasteiger partial charge in [-0.25, -0.2) is 0 Å². The Labute approximate surface area is 116 Å². The Morgan fingerprint density at radius 1 is 1.37 bits per heavy atom. The zero-order valence-corrected chi connectivity index (χ0v) is 12.8. The molecule has 3 heteroatoms. The first kappa shape index (κ1) is 16.1. The first-order valence-electron chi connectivity index (χ1n) is 7.02. The summed E-state index contributed by atoms with van der Waals surface area (Å²) in [7, 11) is 1.75. The van der Waals surface area contributed by atoms with Crippen LogP contribution in [0.4, 0.5) is 0 Å². The lowest BCUT2D eigenvalue weighted by atomic mass is 9.77. The van der Waals surface area contributed by atoms with Gasteiger partial charge in [0.05, 0.1) is 11.5 Å². The van der Waals surface area contributed by atoms with Gasteiger partial charge in [-0.3, -0.25) is 9.59 Å². The van der Waals surface area contributed by atoms with Crippen molar-refractivity contribution >= 4 is 11.6 Å². The molecule has 0 aliphatic heterocycles. The third kappa shape index (κ3) is 4.27. The van der Waals surface area contributed by atoms with Crippen molar-refractivity contribution in [1.82, 2.24) is 0 Å². The fraction of sp³-hybridized carbons (Fsp3) is 0.750. The van der Waals surface area contributed by atoms with E-state index in [0.29, 0.717) is 12.3 Å². The monoisotopic (exact) mass is 266 g/mol. The number of allylic oxidation sites excluding steroid dienone is 2. The summed E-state index contributed by atoms with van der Waals surface area (Å²) in [5.41, 5.74) is 1.14. The fourth-order valence-corrected chi connectivity index (χ4v) is 2.71. The van der Waals surface area contributed by atoms with Crippen molar-refractivity contribution in [2.75, 3.05) is 7.11 Å². The molecule has 0 saturated heterocycles. The Morgan fingerprint density at radius 2 is 1.95 bits per heavy atom. The number of carbonyl (C=O) groups is 2. The lowest BCUT2D eigenvalue weighted by Gasteiger charge is -2.35. The molecule has 0 amide bonds. The van der Waals surface area contributed by atoms with Gasteiger partial charge in [0.15, 0.2) is 0 Å². The number of rotatable bonds is 6. The summed E-state index contributed by atoms with van der Waals surface area (Å²) in [6.45, 7) is 7.24. The van der Waals surface area contributed by atoms with E-state index in [-0.39, 0.29) is 17.2 Å². The highest BCUT2D eigenvalue weighted by Gasteiger charge is 2.31. The van der Waals surface area contributed by atoms with Crippen molar-refractivity contribution in [2.45, 2.75) is 59.0 Å². The van der Waals surface area contributed by atoms with Crippen molar-refractivity contribution < 1.29 is 14.3 Å². The maximum Gasteiger partial charge on any atom is 0.140 e. The van der Waals surface area contributed by atoms with Gasteiger partial charge in [-0.2, -0.15) is 0 Å². The molecule has 0 fully saturated rings. The summed E-state index contributed by atoms with van der Waals surface area (Å²) in [5, 5.41) is 0. The van der Waals surface area contributed by atoms with Crippen LogP contribution in [-0.2, 0) is 14.3 Å². The molecule has 1 aliphatic carbocycles. The molecular weight excluding hydrogens is 240 g/mol. The highest BCUT2D eigenvalue weighted by molar-refractivity contribution is 6.00. The van der Waals surface area contributed by atoms with Crippen LogP contribution in [-0.4, -0.2) is 24.3 Å². The first-order valence-corrected chi connectivity index (χ1v) is 7.02. The molecule has 0 aromatic heterocycles. The van der Waals surface area contributed by atoms with Crippen LogP contribution in [0.5, 0.6) is 0 Å². The summed E-state index contributed by atoms with van der Waals surface area (Å²) >= 11 is 0. The molecule has 0 saturated carbocycles. The van der Waals surface area contributed by atoms with E-state index in [4.69, 9.17) is 4.74 Å². The van der Waals surface area contributed by atoms with E-state index < -0.39 is 5.92 Å². The minimum atomic E-state index is -0.446. The second kappa shape index (κ2) is 6.47. The number of ketones is 2.